The zero-order valence-electron chi connectivity index (χ0n) is 24.6. The predicted octanol–water partition coefficient (Wildman–Crippen LogP) is 8.63. The Labute approximate surface area is 234 Å². The molecule has 0 bridgehead atoms. The summed E-state index contributed by atoms with van der Waals surface area (Å²) in [5, 5.41) is 0. The quantitative estimate of drug-likeness (QED) is 0.248. The van der Waals surface area contributed by atoms with E-state index in [9.17, 15) is 13.6 Å². The molecule has 2 unspecified atom stereocenters. The van der Waals surface area contributed by atoms with Crippen molar-refractivity contribution in [1.82, 2.24) is 0 Å². The molecule has 3 nitrogen and oxygen atoms in total. The van der Waals surface area contributed by atoms with Crippen LogP contribution in [0.25, 0.3) is 0 Å². The molecule has 0 saturated carbocycles. The van der Waals surface area contributed by atoms with E-state index in [2.05, 4.69) is 20.8 Å². The van der Waals surface area contributed by atoms with Crippen LogP contribution < -0.4 is 5.73 Å². The van der Waals surface area contributed by atoms with Gasteiger partial charge in [0.2, 0.25) is 0 Å². The lowest BCUT2D eigenvalue weighted by Crippen LogP contribution is -2.34. The molecule has 39 heavy (non-hydrogen) atoms. The van der Waals surface area contributed by atoms with Crippen molar-refractivity contribution in [3.63, 3.8) is 0 Å². The van der Waals surface area contributed by atoms with E-state index in [1.807, 2.05) is 75.4 Å². The van der Waals surface area contributed by atoms with Crippen LogP contribution >= 0.6 is 0 Å². The van der Waals surface area contributed by atoms with Crippen LogP contribution in [0.2, 0.25) is 0 Å². The summed E-state index contributed by atoms with van der Waals surface area (Å²) in [6.07, 6.45) is 4.56. The molecule has 0 aromatic heterocycles. The molecular weight excluding hydrogens is 492 g/mol. The fraction of sp³-hybridized carbons (Fsp3) is 0.441. The molecule has 0 spiro atoms. The summed E-state index contributed by atoms with van der Waals surface area (Å²) >= 11 is 0. The summed E-state index contributed by atoms with van der Waals surface area (Å²) in [5.74, 6) is -0.350. The standard InChI is InChI=1S/C20H24F2.C12H17NO2.C2H6/c1-4-6-15(5-2)20(3,16-7-11-18(21)12-8-16)17-9-13-19(22)14-10-17;1-2-8-15-12(14)11(13)9-10-6-4-3-5-7-10;1-2/h7-15H,4-6H2,1-3H3;3-7,11H,2,8-9,13H2,1H3;1-2H3. The monoisotopic (exact) mass is 539 g/mol. The van der Waals surface area contributed by atoms with E-state index in [0.717, 1.165) is 42.4 Å². The second kappa shape index (κ2) is 18.3. The van der Waals surface area contributed by atoms with E-state index in [1.54, 1.807) is 0 Å². The number of benzene rings is 3. The highest BCUT2D eigenvalue weighted by Gasteiger charge is 2.36. The van der Waals surface area contributed by atoms with Gasteiger partial charge in [-0.1, -0.05) is 109 Å². The average Bonchev–Trinajstić information content (AvgIpc) is 2.97. The maximum absolute atomic E-state index is 13.3. The highest BCUT2D eigenvalue weighted by molar-refractivity contribution is 5.75. The lowest BCUT2D eigenvalue weighted by Gasteiger charge is -2.39. The van der Waals surface area contributed by atoms with Crippen molar-refractivity contribution in [2.24, 2.45) is 11.7 Å². The molecular formula is C34H47F2NO2. The van der Waals surface area contributed by atoms with Gasteiger partial charge >= 0.3 is 5.97 Å². The minimum absolute atomic E-state index is 0.228. The van der Waals surface area contributed by atoms with Gasteiger partial charge in [-0.15, -0.1) is 0 Å². The van der Waals surface area contributed by atoms with Gasteiger partial charge < -0.3 is 10.5 Å². The number of rotatable bonds is 11. The van der Waals surface area contributed by atoms with E-state index in [4.69, 9.17) is 10.5 Å². The Morgan fingerprint density at radius 2 is 1.31 bits per heavy atom. The van der Waals surface area contributed by atoms with Crippen LogP contribution in [0.3, 0.4) is 0 Å². The average molecular weight is 540 g/mol. The van der Waals surface area contributed by atoms with Crippen molar-refractivity contribution in [2.45, 2.75) is 85.1 Å². The molecule has 5 heteroatoms. The van der Waals surface area contributed by atoms with Crippen LogP contribution in [0.1, 0.15) is 83.9 Å². The van der Waals surface area contributed by atoms with Crippen molar-refractivity contribution >= 4 is 5.97 Å². The first-order valence-electron chi connectivity index (χ1n) is 14.2. The second-order valence-electron chi connectivity index (χ2n) is 9.57. The molecule has 3 aromatic carbocycles. The van der Waals surface area contributed by atoms with Crippen LogP contribution in [0, 0.1) is 17.6 Å². The topological polar surface area (TPSA) is 52.3 Å². The van der Waals surface area contributed by atoms with E-state index in [-0.39, 0.29) is 23.0 Å². The summed E-state index contributed by atoms with van der Waals surface area (Å²) < 4.78 is 31.6. The van der Waals surface area contributed by atoms with Gasteiger partial charge in [0.25, 0.3) is 0 Å². The minimum Gasteiger partial charge on any atom is -0.465 e. The zero-order chi connectivity index (χ0) is 29.3. The maximum Gasteiger partial charge on any atom is 0.323 e. The fourth-order valence-electron chi connectivity index (χ4n) is 4.74. The fourth-order valence-corrected chi connectivity index (χ4v) is 4.74. The summed E-state index contributed by atoms with van der Waals surface area (Å²) in [6.45, 7) is 13.0. The predicted molar refractivity (Wildman–Crippen MR) is 159 cm³/mol. The Balaban J connectivity index is 0.000000391. The number of halogens is 2. The highest BCUT2D eigenvalue weighted by atomic mass is 19.1. The summed E-state index contributed by atoms with van der Waals surface area (Å²) in [5.41, 5.74) is 8.69. The van der Waals surface area contributed by atoms with Crippen LogP contribution in [0.15, 0.2) is 78.9 Å². The molecule has 2 N–H and O–H groups in total. The van der Waals surface area contributed by atoms with Gasteiger partial charge in [0.1, 0.15) is 17.7 Å². The number of hydrogen-bond acceptors (Lipinski definition) is 3. The van der Waals surface area contributed by atoms with E-state index < -0.39 is 6.04 Å². The lowest BCUT2D eigenvalue weighted by molar-refractivity contribution is -0.145. The molecule has 0 heterocycles. The van der Waals surface area contributed by atoms with Crippen LogP contribution in [0.5, 0.6) is 0 Å². The molecule has 3 aromatic rings. The Morgan fingerprint density at radius 1 is 0.821 bits per heavy atom. The normalized spacial score (nSPS) is 12.2. The molecule has 0 saturated heterocycles. The van der Waals surface area contributed by atoms with Gasteiger partial charge in [-0.3, -0.25) is 4.79 Å². The van der Waals surface area contributed by atoms with E-state index in [1.165, 1.54) is 24.3 Å². The molecule has 214 valence electrons. The molecule has 0 aliphatic rings. The van der Waals surface area contributed by atoms with Gasteiger partial charge in [-0.2, -0.15) is 0 Å². The van der Waals surface area contributed by atoms with E-state index >= 15 is 0 Å². The van der Waals surface area contributed by atoms with Crippen LogP contribution in [0.4, 0.5) is 8.78 Å². The number of ether oxygens (including phenoxy) is 1. The number of esters is 1. The zero-order valence-corrected chi connectivity index (χ0v) is 24.6. The largest absolute Gasteiger partial charge is 0.465 e. The number of carbonyl (C=O) groups excluding carboxylic acids is 1. The first-order chi connectivity index (χ1) is 18.8. The van der Waals surface area contributed by atoms with Crippen molar-refractivity contribution in [2.75, 3.05) is 6.61 Å². The summed E-state index contributed by atoms with van der Waals surface area (Å²) in [7, 11) is 0. The summed E-state index contributed by atoms with van der Waals surface area (Å²) in [4.78, 5) is 11.4. The van der Waals surface area contributed by atoms with Gasteiger partial charge in [0.15, 0.2) is 0 Å². The van der Waals surface area contributed by atoms with Crippen LogP contribution in [-0.4, -0.2) is 18.6 Å². The van der Waals surface area contributed by atoms with E-state index in [0.29, 0.717) is 18.9 Å². The van der Waals surface area contributed by atoms with Crippen LogP contribution in [-0.2, 0) is 21.4 Å². The van der Waals surface area contributed by atoms with Gasteiger partial charge in [0, 0.05) is 5.41 Å². The summed E-state index contributed by atoms with van der Waals surface area (Å²) in [6, 6.07) is 22.6. The Kier molecular flexibility index (Phi) is 15.9. The third-order valence-corrected chi connectivity index (χ3v) is 6.88. The molecule has 3 rings (SSSR count). The number of hydrogen-bond donors (Lipinski definition) is 1. The minimum atomic E-state index is -0.557. The third kappa shape index (κ3) is 10.6. The SMILES string of the molecule is CC.CCCC(CC)C(C)(c1ccc(F)cc1)c1ccc(F)cc1.CCCOC(=O)C(N)Cc1ccccc1. The number of carbonyl (C=O) groups is 1. The smallest absolute Gasteiger partial charge is 0.323 e. The van der Waals surface area contributed by atoms with Crippen molar-refractivity contribution in [1.29, 1.82) is 0 Å². The lowest BCUT2D eigenvalue weighted by atomic mass is 9.65. The number of nitrogens with two attached hydrogens (primary N) is 1. The third-order valence-electron chi connectivity index (χ3n) is 6.88. The Bertz CT molecular complexity index is 1010. The first-order valence-corrected chi connectivity index (χ1v) is 14.2. The van der Waals surface area contributed by atoms with Crippen molar-refractivity contribution in [3.05, 3.63) is 107 Å². The highest BCUT2D eigenvalue weighted by Crippen LogP contribution is 2.42. The Morgan fingerprint density at radius 3 is 1.72 bits per heavy atom. The Hall–Kier alpha value is -3.05. The first kappa shape index (κ1) is 34.0. The maximum atomic E-state index is 13.3. The van der Waals surface area contributed by atoms with Crippen molar-refractivity contribution < 1.29 is 18.3 Å². The van der Waals surface area contributed by atoms with Gasteiger partial charge in [0.05, 0.1) is 6.61 Å². The molecule has 2 atom stereocenters. The second-order valence-corrected chi connectivity index (χ2v) is 9.57. The molecule has 0 aliphatic carbocycles. The molecule has 0 fully saturated rings. The van der Waals surface area contributed by atoms with Gasteiger partial charge in [-0.05, 0) is 66.1 Å². The molecule has 0 radical (unpaired) electrons. The molecule has 0 amide bonds. The van der Waals surface area contributed by atoms with Crippen molar-refractivity contribution in [3.8, 4) is 0 Å². The van der Waals surface area contributed by atoms with Gasteiger partial charge in [-0.25, -0.2) is 8.78 Å². The molecule has 0 aliphatic heterocycles.